The molecular weight excluding hydrogens is 320 g/mol. The van der Waals surface area contributed by atoms with Gasteiger partial charge in [0.1, 0.15) is 0 Å². The molecule has 0 radical (unpaired) electrons. The molecule has 3 rings (SSSR count). The summed E-state index contributed by atoms with van der Waals surface area (Å²) < 4.78 is 6.24. The topological polar surface area (TPSA) is 51.2 Å². The van der Waals surface area contributed by atoms with Crippen LogP contribution in [-0.2, 0) is 5.54 Å². The summed E-state index contributed by atoms with van der Waals surface area (Å²) in [5, 5.41) is 2.95. The molecular formula is C15H13BrN2O2. The van der Waals surface area contributed by atoms with E-state index in [-0.39, 0.29) is 5.54 Å². The minimum absolute atomic E-state index is 0.278. The average Bonchev–Trinajstić information content (AvgIpc) is 3.21. The Bertz CT molecular complexity index is 610. The molecule has 0 atom stereocenters. The molecule has 0 aliphatic heterocycles. The number of benzene rings is 1. The van der Waals surface area contributed by atoms with Gasteiger partial charge in [-0.2, -0.15) is 0 Å². The van der Waals surface area contributed by atoms with Crippen molar-refractivity contribution in [3.05, 3.63) is 58.8 Å². The lowest BCUT2D eigenvalue weighted by Gasteiger charge is -2.17. The van der Waals surface area contributed by atoms with Gasteiger partial charge in [0.05, 0.1) is 11.7 Å². The Morgan fingerprint density at radius 1 is 1.25 bits per heavy atom. The lowest BCUT2D eigenvalue weighted by Crippen LogP contribution is -2.36. The summed E-state index contributed by atoms with van der Waals surface area (Å²) in [4.78, 5) is 15.8. The Kier molecular flexibility index (Phi) is 3.44. The Balaban J connectivity index is 1.68. The van der Waals surface area contributed by atoms with Crippen LogP contribution in [0.25, 0.3) is 0 Å². The van der Waals surface area contributed by atoms with Gasteiger partial charge in [-0.15, -0.1) is 0 Å². The number of pyridine rings is 1. The van der Waals surface area contributed by atoms with Crippen molar-refractivity contribution in [1.82, 2.24) is 10.3 Å². The average molecular weight is 333 g/mol. The van der Waals surface area contributed by atoms with Gasteiger partial charge in [0.2, 0.25) is 0 Å². The molecule has 1 aromatic heterocycles. The van der Waals surface area contributed by atoms with E-state index < -0.39 is 6.09 Å². The van der Waals surface area contributed by atoms with Crippen molar-refractivity contribution < 1.29 is 9.53 Å². The third-order valence-electron chi connectivity index (χ3n) is 3.33. The van der Waals surface area contributed by atoms with E-state index in [1.54, 1.807) is 18.3 Å². The molecule has 0 saturated heterocycles. The van der Waals surface area contributed by atoms with E-state index in [0.29, 0.717) is 5.75 Å². The number of carbonyl (C=O) groups excluding carboxylic acids is 1. The summed E-state index contributed by atoms with van der Waals surface area (Å²) >= 11 is 3.41. The van der Waals surface area contributed by atoms with Crippen LogP contribution in [-0.4, -0.2) is 11.1 Å². The summed E-state index contributed by atoms with van der Waals surface area (Å²) in [5.41, 5.74) is 0.823. The Labute approximate surface area is 125 Å². The zero-order valence-corrected chi connectivity index (χ0v) is 12.3. The normalized spacial score (nSPS) is 15.4. The molecule has 1 amide bonds. The van der Waals surface area contributed by atoms with Crippen LogP contribution in [0.4, 0.5) is 4.79 Å². The lowest BCUT2D eigenvalue weighted by molar-refractivity contribution is 0.194. The van der Waals surface area contributed by atoms with Crippen molar-refractivity contribution >= 4 is 22.0 Å². The molecule has 1 aliphatic rings. The number of carbonyl (C=O) groups is 1. The van der Waals surface area contributed by atoms with Gasteiger partial charge < -0.3 is 10.1 Å². The summed E-state index contributed by atoms with van der Waals surface area (Å²) in [6, 6.07) is 11.4. The lowest BCUT2D eigenvalue weighted by atomic mass is 10.1. The molecule has 0 spiro atoms. The van der Waals surface area contributed by atoms with Crippen molar-refractivity contribution in [3.63, 3.8) is 0 Å². The number of rotatable bonds is 3. The number of nitrogens with zero attached hydrogens (tertiary/aromatic N) is 1. The monoisotopic (exact) mass is 332 g/mol. The van der Waals surface area contributed by atoms with Crippen LogP contribution < -0.4 is 10.1 Å². The first-order chi connectivity index (χ1) is 9.68. The van der Waals surface area contributed by atoms with Crippen molar-refractivity contribution in [2.24, 2.45) is 0 Å². The highest BCUT2D eigenvalue weighted by Crippen LogP contribution is 2.45. The Hall–Kier alpha value is -1.88. The van der Waals surface area contributed by atoms with Crippen LogP contribution in [0.3, 0.4) is 0 Å². The first kappa shape index (κ1) is 13.1. The van der Waals surface area contributed by atoms with Crippen LogP contribution in [0.15, 0.2) is 53.3 Å². The maximum atomic E-state index is 11.9. The molecule has 1 saturated carbocycles. The number of ether oxygens (including phenoxy) is 1. The first-order valence-electron chi connectivity index (χ1n) is 6.34. The van der Waals surface area contributed by atoms with Crippen LogP contribution >= 0.6 is 15.9 Å². The maximum absolute atomic E-state index is 11.9. The zero-order chi connectivity index (χ0) is 14.0. The smallest absolute Gasteiger partial charge is 0.409 e. The van der Waals surface area contributed by atoms with Crippen molar-refractivity contribution in [2.45, 2.75) is 18.4 Å². The standard InChI is InChI=1S/C15H13BrN2O2/c16-12-5-3-11(4-6-12)15(7-8-15)18-14(19)20-13-2-1-9-17-10-13/h1-6,9-10H,7-8H2,(H,18,19). The highest BCUT2D eigenvalue weighted by molar-refractivity contribution is 9.10. The molecule has 20 heavy (non-hydrogen) atoms. The second kappa shape index (κ2) is 5.25. The fourth-order valence-corrected chi connectivity index (χ4v) is 2.38. The summed E-state index contributed by atoms with van der Waals surface area (Å²) in [7, 11) is 0. The van der Waals surface area contributed by atoms with Gasteiger partial charge in [-0.25, -0.2) is 4.79 Å². The molecule has 5 heteroatoms. The van der Waals surface area contributed by atoms with Crippen LogP contribution in [0.1, 0.15) is 18.4 Å². The number of amides is 1. The van der Waals surface area contributed by atoms with E-state index >= 15 is 0 Å². The van der Waals surface area contributed by atoms with Crippen molar-refractivity contribution in [1.29, 1.82) is 0 Å². The second-order valence-electron chi connectivity index (χ2n) is 4.79. The van der Waals surface area contributed by atoms with Crippen molar-refractivity contribution in [3.8, 4) is 5.75 Å². The van der Waals surface area contributed by atoms with Crippen LogP contribution in [0.5, 0.6) is 5.75 Å². The van der Waals surface area contributed by atoms with E-state index in [4.69, 9.17) is 4.74 Å². The number of aromatic nitrogens is 1. The van der Waals surface area contributed by atoms with Gasteiger partial charge in [0, 0.05) is 10.7 Å². The van der Waals surface area contributed by atoms with Gasteiger partial charge in [-0.05, 0) is 42.7 Å². The van der Waals surface area contributed by atoms with Gasteiger partial charge in [-0.1, -0.05) is 28.1 Å². The molecule has 1 N–H and O–H groups in total. The van der Waals surface area contributed by atoms with Gasteiger partial charge in [0.25, 0.3) is 0 Å². The predicted molar refractivity (Wildman–Crippen MR) is 78.5 cm³/mol. The van der Waals surface area contributed by atoms with E-state index in [1.807, 2.05) is 24.3 Å². The largest absolute Gasteiger partial charge is 0.413 e. The first-order valence-corrected chi connectivity index (χ1v) is 7.13. The molecule has 1 aromatic carbocycles. The van der Waals surface area contributed by atoms with Crippen LogP contribution in [0.2, 0.25) is 0 Å². The van der Waals surface area contributed by atoms with E-state index in [2.05, 4.69) is 26.2 Å². The number of nitrogens with one attached hydrogen (secondary N) is 1. The van der Waals surface area contributed by atoms with E-state index in [1.165, 1.54) is 6.20 Å². The Morgan fingerprint density at radius 2 is 2.00 bits per heavy atom. The second-order valence-corrected chi connectivity index (χ2v) is 5.71. The minimum Gasteiger partial charge on any atom is -0.409 e. The zero-order valence-electron chi connectivity index (χ0n) is 10.7. The van der Waals surface area contributed by atoms with E-state index in [0.717, 1.165) is 22.9 Å². The van der Waals surface area contributed by atoms with E-state index in [9.17, 15) is 4.79 Å². The molecule has 0 unspecified atom stereocenters. The molecule has 2 aromatic rings. The predicted octanol–water partition coefficient (Wildman–Crippen LogP) is 3.62. The van der Waals surface area contributed by atoms with Gasteiger partial charge in [-0.3, -0.25) is 4.98 Å². The molecule has 0 bridgehead atoms. The molecule has 4 nitrogen and oxygen atoms in total. The molecule has 1 heterocycles. The highest BCUT2D eigenvalue weighted by atomic mass is 79.9. The fraction of sp³-hybridized carbons (Fsp3) is 0.200. The van der Waals surface area contributed by atoms with Crippen LogP contribution in [0, 0.1) is 0 Å². The number of halogens is 1. The maximum Gasteiger partial charge on any atom is 0.413 e. The minimum atomic E-state index is -0.446. The number of hydrogen-bond acceptors (Lipinski definition) is 3. The van der Waals surface area contributed by atoms with Crippen molar-refractivity contribution in [2.75, 3.05) is 0 Å². The highest BCUT2D eigenvalue weighted by Gasteiger charge is 2.46. The van der Waals surface area contributed by atoms with Gasteiger partial charge >= 0.3 is 6.09 Å². The fourth-order valence-electron chi connectivity index (χ4n) is 2.12. The third kappa shape index (κ3) is 2.82. The third-order valence-corrected chi connectivity index (χ3v) is 3.86. The quantitative estimate of drug-likeness (QED) is 0.933. The summed E-state index contributed by atoms with van der Waals surface area (Å²) in [6.07, 6.45) is 4.56. The molecule has 1 aliphatic carbocycles. The summed E-state index contributed by atoms with van der Waals surface area (Å²) in [5.74, 6) is 0.441. The summed E-state index contributed by atoms with van der Waals surface area (Å²) in [6.45, 7) is 0. The Morgan fingerprint density at radius 3 is 2.60 bits per heavy atom. The molecule has 102 valence electrons. The van der Waals surface area contributed by atoms with Gasteiger partial charge in [0.15, 0.2) is 5.75 Å². The SMILES string of the molecule is O=C(NC1(c2ccc(Br)cc2)CC1)Oc1cccnc1. The number of hydrogen-bond donors (Lipinski definition) is 1. The molecule has 1 fully saturated rings.